The van der Waals surface area contributed by atoms with Crippen LogP contribution >= 0.6 is 0 Å². The third-order valence-electron chi connectivity index (χ3n) is 3.91. The summed E-state index contributed by atoms with van der Waals surface area (Å²) in [5.74, 6) is -2.35. The minimum Gasteiger partial charge on any atom is -0.313 e. The van der Waals surface area contributed by atoms with E-state index in [2.05, 4.69) is 5.32 Å². The first kappa shape index (κ1) is 16.9. The van der Waals surface area contributed by atoms with Crippen LogP contribution in [0.1, 0.15) is 11.6 Å². The summed E-state index contributed by atoms with van der Waals surface area (Å²) < 4.78 is 67.6. The van der Waals surface area contributed by atoms with Gasteiger partial charge in [-0.25, -0.2) is 21.6 Å². The summed E-state index contributed by atoms with van der Waals surface area (Å²) in [6, 6.07) is 7.17. The summed E-state index contributed by atoms with van der Waals surface area (Å²) in [5.41, 5.74) is 0.447. The largest absolute Gasteiger partial charge is 0.313 e. The number of halogens is 3. The summed E-state index contributed by atoms with van der Waals surface area (Å²) in [6.45, 7) is 0.682. The lowest BCUT2D eigenvalue weighted by atomic mass is 10.1. The van der Waals surface area contributed by atoms with E-state index < -0.39 is 38.4 Å². The molecule has 2 aromatic rings. The van der Waals surface area contributed by atoms with Gasteiger partial charge in [-0.05, 0) is 35.9 Å². The fourth-order valence-electron chi connectivity index (χ4n) is 2.77. The maximum Gasteiger partial charge on any atom is 0.246 e. The Bertz CT molecular complexity index is 858. The Balaban J connectivity index is 2.05. The molecule has 0 aromatic heterocycles. The molecule has 24 heavy (non-hydrogen) atoms. The zero-order chi connectivity index (χ0) is 17.3. The zero-order valence-electron chi connectivity index (χ0n) is 12.5. The number of hydrogen-bond acceptors (Lipinski definition) is 3. The van der Waals surface area contributed by atoms with Gasteiger partial charge in [0.1, 0.15) is 22.3 Å². The van der Waals surface area contributed by atoms with E-state index in [9.17, 15) is 21.6 Å². The average Bonchev–Trinajstić information content (AvgIpc) is 2.57. The lowest BCUT2D eigenvalue weighted by molar-refractivity contribution is 0.270. The van der Waals surface area contributed by atoms with E-state index in [-0.39, 0.29) is 13.1 Å². The number of rotatable bonds is 3. The maximum absolute atomic E-state index is 14.0. The predicted molar refractivity (Wildman–Crippen MR) is 82.3 cm³/mol. The van der Waals surface area contributed by atoms with Crippen LogP contribution in [0, 0.1) is 17.5 Å². The summed E-state index contributed by atoms with van der Waals surface area (Å²) in [7, 11) is -4.27. The van der Waals surface area contributed by atoms with Crippen LogP contribution in [0.15, 0.2) is 47.4 Å². The van der Waals surface area contributed by atoms with Crippen molar-refractivity contribution in [2.75, 3.05) is 19.6 Å². The number of nitrogens with zero attached hydrogens (tertiary/aromatic N) is 1. The number of benzene rings is 2. The molecular formula is C16H15F3N2O2S. The number of hydrogen-bond donors (Lipinski definition) is 1. The number of nitrogens with one attached hydrogen (secondary N) is 1. The van der Waals surface area contributed by atoms with Crippen molar-refractivity contribution in [2.45, 2.75) is 10.9 Å². The molecule has 0 bridgehead atoms. The molecule has 1 heterocycles. The summed E-state index contributed by atoms with van der Waals surface area (Å²) in [5, 5.41) is 3.04. The Morgan fingerprint density at radius 1 is 1.04 bits per heavy atom. The highest BCUT2D eigenvalue weighted by Gasteiger charge is 2.36. The van der Waals surface area contributed by atoms with Crippen LogP contribution in [0.2, 0.25) is 0 Å². The van der Waals surface area contributed by atoms with Gasteiger partial charge >= 0.3 is 0 Å². The van der Waals surface area contributed by atoms with Crippen LogP contribution in [-0.2, 0) is 10.0 Å². The summed E-state index contributed by atoms with van der Waals surface area (Å²) >= 11 is 0. The van der Waals surface area contributed by atoms with Crippen LogP contribution in [0.5, 0.6) is 0 Å². The predicted octanol–water partition coefficient (Wildman–Crippen LogP) is 2.44. The lowest BCUT2D eigenvalue weighted by Gasteiger charge is -2.35. The Morgan fingerprint density at radius 3 is 2.54 bits per heavy atom. The fourth-order valence-corrected chi connectivity index (χ4v) is 4.46. The molecule has 1 fully saturated rings. The molecule has 0 radical (unpaired) electrons. The minimum absolute atomic E-state index is 0.0689. The van der Waals surface area contributed by atoms with E-state index in [1.54, 1.807) is 6.07 Å². The summed E-state index contributed by atoms with van der Waals surface area (Å²) in [4.78, 5) is -0.717. The van der Waals surface area contributed by atoms with E-state index >= 15 is 0 Å². The van der Waals surface area contributed by atoms with E-state index in [4.69, 9.17) is 0 Å². The van der Waals surface area contributed by atoms with Crippen LogP contribution in [0.25, 0.3) is 0 Å². The molecule has 3 rings (SSSR count). The molecule has 2 aromatic carbocycles. The highest BCUT2D eigenvalue weighted by Crippen LogP contribution is 2.30. The normalized spacial score (nSPS) is 19.4. The number of sulfonamides is 1. The van der Waals surface area contributed by atoms with E-state index in [1.807, 2.05) is 0 Å². The molecule has 1 aliphatic rings. The van der Waals surface area contributed by atoms with Crippen molar-refractivity contribution < 1.29 is 21.6 Å². The summed E-state index contributed by atoms with van der Waals surface area (Å²) in [6.07, 6.45) is 0. The molecule has 1 atom stereocenters. The number of piperazine rings is 1. The standard InChI is InChI=1S/C16H15F3N2O2S/c17-12-3-1-2-11(8-12)15-10-20-6-7-21(15)24(22,23)16-9-13(18)4-5-14(16)19/h1-5,8-9,15,20H,6-7,10H2. The van der Waals surface area contributed by atoms with Crippen molar-refractivity contribution in [3.05, 3.63) is 65.5 Å². The second-order valence-electron chi connectivity index (χ2n) is 5.47. The second-order valence-corrected chi connectivity index (χ2v) is 7.32. The van der Waals surface area contributed by atoms with Gasteiger partial charge in [0.25, 0.3) is 0 Å². The first-order valence-electron chi connectivity index (χ1n) is 7.32. The van der Waals surface area contributed by atoms with Gasteiger partial charge in [-0.1, -0.05) is 12.1 Å². The molecule has 1 unspecified atom stereocenters. The van der Waals surface area contributed by atoms with Gasteiger partial charge in [0.2, 0.25) is 10.0 Å². The van der Waals surface area contributed by atoms with Gasteiger partial charge in [-0.2, -0.15) is 4.31 Å². The van der Waals surface area contributed by atoms with Crippen LogP contribution in [0.3, 0.4) is 0 Å². The SMILES string of the molecule is O=S(=O)(c1cc(F)ccc1F)N1CCNCC1c1cccc(F)c1. The molecule has 0 saturated carbocycles. The van der Waals surface area contributed by atoms with E-state index in [0.717, 1.165) is 16.4 Å². The molecule has 0 amide bonds. The average molecular weight is 356 g/mol. The molecular weight excluding hydrogens is 341 g/mol. The Hall–Kier alpha value is -1.90. The van der Waals surface area contributed by atoms with Crippen LogP contribution in [0.4, 0.5) is 13.2 Å². The van der Waals surface area contributed by atoms with Gasteiger partial charge < -0.3 is 5.32 Å². The Morgan fingerprint density at radius 2 is 1.79 bits per heavy atom. The molecule has 4 nitrogen and oxygen atoms in total. The van der Waals surface area contributed by atoms with Gasteiger partial charge in [0.15, 0.2) is 0 Å². The van der Waals surface area contributed by atoms with Gasteiger partial charge in [-0.15, -0.1) is 0 Å². The Labute approximate surface area is 138 Å². The molecule has 8 heteroatoms. The third kappa shape index (κ3) is 3.17. The Kier molecular flexibility index (Phi) is 4.62. The van der Waals surface area contributed by atoms with Crippen LogP contribution < -0.4 is 5.32 Å². The van der Waals surface area contributed by atoms with Crippen molar-refractivity contribution in [2.24, 2.45) is 0 Å². The van der Waals surface area contributed by atoms with Crippen molar-refractivity contribution in [3.8, 4) is 0 Å². The van der Waals surface area contributed by atoms with Crippen molar-refractivity contribution >= 4 is 10.0 Å². The first-order valence-corrected chi connectivity index (χ1v) is 8.76. The monoisotopic (exact) mass is 356 g/mol. The second kappa shape index (κ2) is 6.54. The van der Waals surface area contributed by atoms with E-state index in [1.165, 1.54) is 18.2 Å². The maximum atomic E-state index is 14.0. The molecule has 128 valence electrons. The highest BCUT2D eigenvalue weighted by atomic mass is 32.2. The van der Waals surface area contributed by atoms with Crippen molar-refractivity contribution in [1.82, 2.24) is 9.62 Å². The molecule has 1 aliphatic heterocycles. The van der Waals surface area contributed by atoms with Gasteiger partial charge in [0.05, 0.1) is 6.04 Å². The minimum atomic E-state index is -4.27. The first-order chi connectivity index (χ1) is 11.4. The third-order valence-corrected chi connectivity index (χ3v) is 5.83. The van der Waals surface area contributed by atoms with Crippen molar-refractivity contribution in [1.29, 1.82) is 0 Å². The van der Waals surface area contributed by atoms with Gasteiger partial charge in [-0.3, -0.25) is 0 Å². The molecule has 1 N–H and O–H groups in total. The zero-order valence-corrected chi connectivity index (χ0v) is 13.4. The molecule has 0 spiro atoms. The topological polar surface area (TPSA) is 49.4 Å². The smallest absolute Gasteiger partial charge is 0.246 e. The highest BCUT2D eigenvalue weighted by molar-refractivity contribution is 7.89. The van der Waals surface area contributed by atoms with E-state index in [0.29, 0.717) is 18.2 Å². The molecule has 1 saturated heterocycles. The lowest BCUT2D eigenvalue weighted by Crippen LogP contribution is -2.48. The fraction of sp³-hybridized carbons (Fsp3) is 0.250. The quantitative estimate of drug-likeness (QED) is 0.919. The van der Waals surface area contributed by atoms with Crippen LogP contribution in [-0.4, -0.2) is 32.4 Å². The molecule has 0 aliphatic carbocycles. The van der Waals surface area contributed by atoms with Crippen molar-refractivity contribution in [3.63, 3.8) is 0 Å². The van der Waals surface area contributed by atoms with Gasteiger partial charge in [0, 0.05) is 19.6 Å².